The second-order valence-electron chi connectivity index (χ2n) is 4.97. The fraction of sp³-hybridized carbons (Fsp3) is 0.375. The molecule has 2 N–H and O–H groups in total. The summed E-state index contributed by atoms with van der Waals surface area (Å²) in [7, 11) is 0. The molecule has 0 aliphatic heterocycles. The van der Waals surface area contributed by atoms with Crippen LogP contribution in [0.5, 0.6) is 0 Å². The smallest absolute Gasteiger partial charge is 0.270 e. The first-order chi connectivity index (χ1) is 10.7. The third-order valence-electron chi connectivity index (χ3n) is 3.06. The molecule has 1 amide bonds. The number of aromatic nitrogens is 3. The first kappa shape index (κ1) is 15.9. The van der Waals surface area contributed by atoms with Gasteiger partial charge >= 0.3 is 0 Å². The molecule has 2 rings (SSSR count). The second kappa shape index (κ2) is 8.07. The third-order valence-corrected chi connectivity index (χ3v) is 3.06. The summed E-state index contributed by atoms with van der Waals surface area (Å²) in [6.45, 7) is 5.07. The van der Waals surface area contributed by atoms with Crippen molar-refractivity contribution in [1.82, 2.24) is 20.3 Å². The molecular weight excluding hydrogens is 278 g/mol. The van der Waals surface area contributed by atoms with E-state index in [1.807, 2.05) is 18.2 Å². The fourth-order valence-corrected chi connectivity index (χ4v) is 1.93. The highest BCUT2D eigenvalue weighted by molar-refractivity contribution is 5.92. The van der Waals surface area contributed by atoms with E-state index in [4.69, 9.17) is 0 Å². The average Bonchev–Trinajstić information content (AvgIpc) is 2.53. The summed E-state index contributed by atoms with van der Waals surface area (Å²) in [5.74, 6) is 1.02. The van der Waals surface area contributed by atoms with Gasteiger partial charge in [0.25, 0.3) is 5.91 Å². The van der Waals surface area contributed by atoms with Gasteiger partial charge in [0.15, 0.2) is 0 Å². The molecular formula is C16H21N5O. The Morgan fingerprint density at radius 2 is 2.14 bits per heavy atom. The molecule has 0 atom stereocenters. The van der Waals surface area contributed by atoms with Crippen molar-refractivity contribution in [2.45, 2.75) is 33.2 Å². The molecule has 0 saturated heterocycles. The van der Waals surface area contributed by atoms with Gasteiger partial charge in [-0.3, -0.25) is 9.78 Å². The predicted octanol–water partition coefficient (Wildman–Crippen LogP) is 2.32. The Balaban J connectivity index is 2.01. The van der Waals surface area contributed by atoms with E-state index in [9.17, 15) is 4.79 Å². The number of hydrogen-bond acceptors (Lipinski definition) is 5. The van der Waals surface area contributed by atoms with Crippen LogP contribution in [0.3, 0.4) is 0 Å². The van der Waals surface area contributed by atoms with Crippen molar-refractivity contribution in [2.24, 2.45) is 0 Å². The van der Waals surface area contributed by atoms with Gasteiger partial charge in [-0.2, -0.15) is 0 Å². The molecule has 0 aliphatic rings. The monoisotopic (exact) mass is 299 g/mol. The van der Waals surface area contributed by atoms with Crippen molar-refractivity contribution >= 4 is 11.7 Å². The lowest BCUT2D eigenvalue weighted by atomic mass is 10.3. The molecule has 0 spiro atoms. The van der Waals surface area contributed by atoms with E-state index in [2.05, 4.69) is 32.5 Å². The van der Waals surface area contributed by atoms with Crippen LogP contribution in [0.25, 0.3) is 0 Å². The summed E-state index contributed by atoms with van der Waals surface area (Å²) in [5, 5.41) is 6.03. The van der Waals surface area contributed by atoms with Gasteiger partial charge in [-0.15, -0.1) is 0 Å². The van der Waals surface area contributed by atoms with E-state index in [1.165, 1.54) is 0 Å². The summed E-state index contributed by atoms with van der Waals surface area (Å²) in [5.41, 5.74) is 1.29. The fourth-order valence-electron chi connectivity index (χ4n) is 1.93. The van der Waals surface area contributed by atoms with Gasteiger partial charge in [-0.1, -0.05) is 19.4 Å². The summed E-state index contributed by atoms with van der Waals surface area (Å²) in [4.78, 5) is 24.8. The van der Waals surface area contributed by atoms with Crippen LogP contribution < -0.4 is 10.6 Å². The van der Waals surface area contributed by atoms with Crippen molar-refractivity contribution in [3.8, 4) is 0 Å². The normalized spacial score (nSPS) is 10.3. The zero-order valence-electron chi connectivity index (χ0n) is 13.0. The van der Waals surface area contributed by atoms with Crippen molar-refractivity contribution in [1.29, 1.82) is 0 Å². The summed E-state index contributed by atoms with van der Waals surface area (Å²) in [6, 6.07) is 7.40. The van der Waals surface area contributed by atoms with Gasteiger partial charge in [0, 0.05) is 18.8 Å². The molecule has 0 unspecified atom stereocenters. The number of carbonyl (C=O) groups excluding carboxylic acids is 1. The maximum atomic E-state index is 12.1. The molecule has 2 aromatic heterocycles. The Morgan fingerprint density at radius 3 is 2.86 bits per heavy atom. The summed E-state index contributed by atoms with van der Waals surface area (Å²) < 4.78 is 0. The maximum Gasteiger partial charge on any atom is 0.270 e. The molecule has 0 fully saturated rings. The van der Waals surface area contributed by atoms with Gasteiger partial charge in [0.05, 0.1) is 12.2 Å². The predicted molar refractivity (Wildman–Crippen MR) is 85.6 cm³/mol. The maximum absolute atomic E-state index is 12.1. The highest BCUT2D eigenvalue weighted by Crippen LogP contribution is 2.08. The number of amides is 1. The van der Waals surface area contributed by atoms with Crippen LogP contribution in [0.2, 0.25) is 0 Å². The molecule has 116 valence electrons. The minimum Gasteiger partial charge on any atom is -0.364 e. The minimum absolute atomic E-state index is 0.167. The SMILES string of the molecule is CCCCNC(=O)c1cc(NCc2ccccn2)nc(C)n1. The zero-order chi connectivity index (χ0) is 15.8. The van der Waals surface area contributed by atoms with Gasteiger partial charge in [0.1, 0.15) is 17.3 Å². The average molecular weight is 299 g/mol. The van der Waals surface area contributed by atoms with E-state index >= 15 is 0 Å². The van der Waals surface area contributed by atoms with Gasteiger partial charge in [-0.05, 0) is 25.5 Å². The number of aryl methyl sites for hydroxylation is 1. The largest absolute Gasteiger partial charge is 0.364 e. The Morgan fingerprint density at radius 1 is 1.27 bits per heavy atom. The molecule has 22 heavy (non-hydrogen) atoms. The van der Waals surface area contributed by atoms with E-state index in [1.54, 1.807) is 19.2 Å². The Kier molecular flexibility index (Phi) is 5.82. The molecule has 0 radical (unpaired) electrons. The van der Waals surface area contributed by atoms with Crippen LogP contribution in [-0.2, 0) is 6.54 Å². The lowest BCUT2D eigenvalue weighted by molar-refractivity contribution is 0.0948. The number of nitrogens with one attached hydrogen (secondary N) is 2. The van der Waals surface area contributed by atoms with Gasteiger partial charge in [-0.25, -0.2) is 9.97 Å². The highest BCUT2D eigenvalue weighted by atomic mass is 16.1. The van der Waals surface area contributed by atoms with Crippen molar-refractivity contribution in [3.63, 3.8) is 0 Å². The molecule has 2 aromatic rings. The molecule has 2 heterocycles. The Labute approximate surface area is 130 Å². The molecule has 0 bridgehead atoms. The lowest BCUT2D eigenvalue weighted by Crippen LogP contribution is -2.25. The topological polar surface area (TPSA) is 79.8 Å². The van der Waals surface area contributed by atoms with E-state index in [0.29, 0.717) is 30.4 Å². The second-order valence-corrected chi connectivity index (χ2v) is 4.97. The number of carbonyl (C=O) groups is 1. The number of nitrogens with zero attached hydrogens (tertiary/aromatic N) is 3. The quantitative estimate of drug-likeness (QED) is 0.767. The van der Waals surface area contributed by atoms with Crippen molar-refractivity contribution < 1.29 is 4.79 Å². The number of rotatable bonds is 7. The highest BCUT2D eigenvalue weighted by Gasteiger charge is 2.10. The van der Waals surface area contributed by atoms with Crippen LogP contribution in [-0.4, -0.2) is 27.4 Å². The summed E-state index contributed by atoms with van der Waals surface area (Å²) >= 11 is 0. The van der Waals surface area contributed by atoms with Crippen LogP contribution in [0.4, 0.5) is 5.82 Å². The minimum atomic E-state index is -0.167. The van der Waals surface area contributed by atoms with E-state index < -0.39 is 0 Å². The molecule has 6 nitrogen and oxygen atoms in total. The van der Waals surface area contributed by atoms with Crippen molar-refractivity contribution in [2.75, 3.05) is 11.9 Å². The lowest BCUT2D eigenvalue weighted by Gasteiger charge is -2.09. The number of unbranched alkanes of at least 4 members (excludes halogenated alkanes) is 1. The third kappa shape index (κ3) is 4.80. The van der Waals surface area contributed by atoms with Crippen LogP contribution in [0.1, 0.15) is 41.8 Å². The number of hydrogen-bond donors (Lipinski definition) is 2. The van der Waals surface area contributed by atoms with Gasteiger partial charge < -0.3 is 10.6 Å². The molecule has 0 aromatic carbocycles. The van der Waals surface area contributed by atoms with E-state index in [0.717, 1.165) is 18.5 Å². The van der Waals surface area contributed by atoms with Gasteiger partial charge in [0.2, 0.25) is 0 Å². The molecule has 6 heteroatoms. The zero-order valence-corrected chi connectivity index (χ0v) is 13.0. The Bertz CT molecular complexity index is 615. The molecule has 0 saturated carbocycles. The first-order valence-electron chi connectivity index (χ1n) is 7.46. The summed E-state index contributed by atoms with van der Waals surface area (Å²) in [6.07, 6.45) is 3.75. The van der Waals surface area contributed by atoms with Crippen LogP contribution in [0.15, 0.2) is 30.5 Å². The standard InChI is InChI=1S/C16H21N5O/c1-3-4-8-18-16(22)14-10-15(21-12(2)20-14)19-11-13-7-5-6-9-17-13/h5-7,9-10H,3-4,8,11H2,1-2H3,(H,18,22)(H,19,20,21). The number of pyridine rings is 1. The number of anilines is 1. The first-order valence-corrected chi connectivity index (χ1v) is 7.46. The molecule has 0 aliphatic carbocycles. The van der Waals surface area contributed by atoms with Crippen LogP contribution >= 0.6 is 0 Å². The Hall–Kier alpha value is -2.50. The van der Waals surface area contributed by atoms with E-state index in [-0.39, 0.29) is 5.91 Å². The van der Waals surface area contributed by atoms with Crippen molar-refractivity contribution in [3.05, 3.63) is 47.7 Å². The van der Waals surface area contributed by atoms with Crippen LogP contribution in [0, 0.1) is 6.92 Å².